The van der Waals surface area contributed by atoms with Gasteiger partial charge in [0.15, 0.2) is 0 Å². The fourth-order valence-corrected chi connectivity index (χ4v) is 17.7. The predicted molar refractivity (Wildman–Crippen MR) is 109 cm³/mol. The minimum atomic E-state index is -1.42. The minimum Gasteiger partial charge on any atom is -1.00 e. The first-order chi connectivity index (χ1) is 11.9. The van der Waals surface area contributed by atoms with Gasteiger partial charge >= 0.3 is 161 Å². The quantitative estimate of drug-likeness (QED) is 0.560. The maximum Gasteiger partial charge on any atom is -1.00 e. The van der Waals surface area contributed by atoms with Crippen molar-refractivity contribution < 1.29 is 41.4 Å². The van der Waals surface area contributed by atoms with Crippen LogP contribution in [0.15, 0.2) is 72.5 Å². The maximum atomic E-state index is 2.51. The van der Waals surface area contributed by atoms with Gasteiger partial charge in [-0.25, -0.2) is 0 Å². The largest absolute Gasteiger partial charge is 1.00 e. The van der Waals surface area contributed by atoms with E-state index in [2.05, 4.69) is 84.0 Å². The van der Waals surface area contributed by atoms with Gasteiger partial charge in [0.25, 0.3) is 0 Å². The molecule has 0 saturated carbocycles. The van der Waals surface area contributed by atoms with Crippen molar-refractivity contribution in [1.29, 1.82) is 0 Å². The second kappa shape index (κ2) is 10.5. The van der Waals surface area contributed by atoms with Crippen LogP contribution in [0, 0.1) is 11.8 Å². The molecule has 0 N–H and O–H groups in total. The SMILES string of the molecule is CC1=CC(C)[C](/[Ti+2](=[SiH]/Cc2ccccc2)[C]2=C(C)C=C(C)C2C)=C1C.[Cl-].[Cl-]. The third kappa shape index (κ3) is 5.19. The van der Waals surface area contributed by atoms with Crippen LogP contribution in [0.5, 0.6) is 0 Å². The summed E-state index contributed by atoms with van der Waals surface area (Å²) in [6.45, 7) is 14.7. The number of hydrogen-bond acceptors (Lipinski definition) is 0. The minimum absolute atomic E-state index is 0. The molecule has 0 fully saturated rings. The smallest absolute Gasteiger partial charge is 1.00 e. The predicted octanol–water partition coefficient (Wildman–Crippen LogP) is -0.0957. The molecule has 0 nitrogen and oxygen atoms in total. The van der Waals surface area contributed by atoms with Gasteiger partial charge in [-0.15, -0.1) is 0 Å². The number of halogens is 2. The van der Waals surface area contributed by atoms with Gasteiger partial charge in [-0.05, 0) is 0 Å². The standard InChI is InChI=1S/2C8H11.C7H8Si.2ClH.Ti/c2*1-6-4-7(2)8(3)5-6;8-6-7-4-2-1-3-5-7;;;/h4,8H,1-3H3;4,6H,1-3H3;1-5,8H,6H2;2*1H;/q;;;;;+2/p-2. The third-order valence-corrected chi connectivity index (χ3v) is 16.8. The average Bonchev–Trinajstić information content (AvgIpc) is 2.98. The van der Waals surface area contributed by atoms with Crippen LogP contribution in [0.1, 0.15) is 47.1 Å². The molecule has 1 aromatic carbocycles. The molecule has 2 aliphatic carbocycles. The van der Waals surface area contributed by atoms with E-state index in [9.17, 15) is 0 Å². The van der Waals surface area contributed by atoms with Gasteiger partial charge in [-0.1, -0.05) is 0 Å². The van der Waals surface area contributed by atoms with Crippen molar-refractivity contribution in [2.24, 2.45) is 11.8 Å². The van der Waals surface area contributed by atoms with E-state index in [0.717, 1.165) is 0 Å². The Morgan fingerprint density at radius 3 is 2.04 bits per heavy atom. The second-order valence-corrected chi connectivity index (χ2v) is 15.8. The molecule has 0 radical (unpaired) electrons. The molecule has 0 aromatic heterocycles. The third-order valence-electron chi connectivity index (χ3n) is 5.90. The van der Waals surface area contributed by atoms with Crippen molar-refractivity contribution in [3.05, 3.63) is 78.1 Å². The summed E-state index contributed by atoms with van der Waals surface area (Å²) in [5.74, 6) is 1.33. The van der Waals surface area contributed by atoms with E-state index in [4.69, 9.17) is 0 Å². The molecule has 0 saturated heterocycles. The van der Waals surface area contributed by atoms with Crippen LogP contribution in [-0.2, 0) is 22.7 Å². The molecule has 2 aliphatic rings. The van der Waals surface area contributed by atoms with Crippen LogP contribution < -0.4 is 24.8 Å². The Labute approximate surface area is 185 Å². The zero-order chi connectivity index (χ0) is 18.1. The van der Waals surface area contributed by atoms with Crippen LogP contribution in [0.25, 0.3) is 0 Å². The van der Waals surface area contributed by atoms with Crippen molar-refractivity contribution >= 4 is 6.91 Å². The van der Waals surface area contributed by atoms with Crippen molar-refractivity contribution in [3.8, 4) is 0 Å². The molecule has 0 aliphatic heterocycles. The summed E-state index contributed by atoms with van der Waals surface area (Å²) in [4.78, 5) is 0. The molecule has 4 heteroatoms. The van der Waals surface area contributed by atoms with Crippen LogP contribution in [-0.4, -0.2) is 6.91 Å². The molecule has 2 atom stereocenters. The van der Waals surface area contributed by atoms with Crippen molar-refractivity contribution in [2.75, 3.05) is 0 Å². The van der Waals surface area contributed by atoms with E-state index < -0.39 is 16.6 Å². The summed E-state index contributed by atoms with van der Waals surface area (Å²) in [5.41, 5.74) is 7.85. The molecule has 27 heavy (non-hydrogen) atoms. The van der Waals surface area contributed by atoms with E-state index in [0.29, 0.717) is 18.7 Å². The summed E-state index contributed by atoms with van der Waals surface area (Å²) in [6.07, 6.45) is 4.97. The molecule has 144 valence electrons. The second-order valence-electron chi connectivity index (χ2n) is 7.69. The summed E-state index contributed by atoms with van der Waals surface area (Å²) in [6, 6.07) is 12.5. The van der Waals surface area contributed by atoms with Gasteiger partial charge < -0.3 is 24.8 Å². The van der Waals surface area contributed by atoms with Gasteiger partial charge in [0.05, 0.1) is 0 Å². The number of benzene rings is 1. The molecule has 0 heterocycles. The van der Waals surface area contributed by atoms with Gasteiger partial charge in [0.2, 0.25) is 0 Å². The molecule has 2 unspecified atom stereocenters. The Morgan fingerprint density at radius 1 is 0.926 bits per heavy atom. The Balaban J connectivity index is 0.00000182. The molecule has 1 aromatic rings. The van der Waals surface area contributed by atoms with E-state index in [1.165, 1.54) is 17.2 Å². The summed E-state index contributed by atoms with van der Waals surface area (Å²) >= 11 is -1.42. The average molecular weight is 453 g/mol. The van der Waals surface area contributed by atoms with Crippen molar-refractivity contribution in [1.82, 2.24) is 0 Å². The molecular formula is C23H30Cl2SiTi. The zero-order valence-electron chi connectivity index (χ0n) is 17.2. The Kier molecular flexibility index (Phi) is 9.58. The van der Waals surface area contributed by atoms with E-state index in [-0.39, 0.29) is 24.8 Å². The first kappa shape index (κ1) is 24.7. The van der Waals surface area contributed by atoms with Gasteiger partial charge in [0, 0.05) is 0 Å². The van der Waals surface area contributed by atoms with Crippen LogP contribution in [0.2, 0.25) is 0 Å². The molecule has 0 bridgehead atoms. The Hall–Kier alpha value is -0.309. The molecule has 3 rings (SSSR count). The van der Waals surface area contributed by atoms with Gasteiger partial charge in [-0.3, -0.25) is 0 Å². The first-order valence-electron chi connectivity index (χ1n) is 9.43. The summed E-state index contributed by atoms with van der Waals surface area (Å²) < 4.78 is 3.74. The number of allylic oxidation sites excluding steroid dienone is 8. The van der Waals surface area contributed by atoms with E-state index in [1.807, 2.05) is 7.76 Å². The summed E-state index contributed by atoms with van der Waals surface area (Å²) in [7, 11) is 0. The summed E-state index contributed by atoms with van der Waals surface area (Å²) in [5, 5.41) is 0. The number of rotatable bonds is 4. The first-order valence-corrected chi connectivity index (χ1v) is 15.1. The van der Waals surface area contributed by atoms with Crippen LogP contribution in [0.3, 0.4) is 0 Å². The maximum absolute atomic E-state index is 2.51. The van der Waals surface area contributed by atoms with Crippen molar-refractivity contribution in [3.63, 3.8) is 0 Å². The van der Waals surface area contributed by atoms with E-state index in [1.54, 1.807) is 16.7 Å². The Bertz CT molecular complexity index is 844. The molecular weight excluding hydrogens is 423 g/mol. The molecule has 0 amide bonds. The van der Waals surface area contributed by atoms with Crippen LogP contribution in [0.4, 0.5) is 0 Å². The van der Waals surface area contributed by atoms with E-state index >= 15 is 0 Å². The van der Waals surface area contributed by atoms with Gasteiger partial charge in [-0.2, -0.15) is 0 Å². The molecule has 0 spiro atoms. The van der Waals surface area contributed by atoms with Crippen molar-refractivity contribution in [2.45, 2.75) is 47.6 Å². The fraction of sp³-hybridized carbons (Fsp3) is 0.391. The number of hydrogen-bond donors (Lipinski definition) is 0. The fourth-order valence-electron chi connectivity index (χ4n) is 4.34. The monoisotopic (exact) mass is 452 g/mol. The zero-order valence-corrected chi connectivity index (χ0v) is 21.5. The van der Waals surface area contributed by atoms with Gasteiger partial charge in [0.1, 0.15) is 0 Å². The normalized spacial score (nSPS) is 21.7. The Morgan fingerprint density at radius 2 is 1.56 bits per heavy atom. The van der Waals surface area contributed by atoms with Crippen LogP contribution >= 0.6 is 0 Å². The topological polar surface area (TPSA) is 0 Å².